The van der Waals surface area contributed by atoms with E-state index in [-0.39, 0.29) is 11.9 Å². The summed E-state index contributed by atoms with van der Waals surface area (Å²) >= 11 is 0. The molecule has 1 aliphatic heterocycles. The molecule has 1 fully saturated rings. The van der Waals surface area contributed by atoms with Crippen LogP contribution in [0.4, 0.5) is 4.39 Å². The monoisotopic (exact) mass is 267 g/mol. The molecule has 1 aromatic carbocycles. The van der Waals surface area contributed by atoms with Gasteiger partial charge in [0.05, 0.1) is 18.8 Å². The van der Waals surface area contributed by atoms with Crippen LogP contribution >= 0.6 is 0 Å². The van der Waals surface area contributed by atoms with E-state index in [2.05, 4.69) is 5.32 Å². The molecule has 2 rings (SSSR count). The lowest BCUT2D eigenvalue weighted by Gasteiger charge is -2.16. The molecule has 2 atom stereocenters. The topological polar surface area (TPSA) is 30.5 Å². The van der Waals surface area contributed by atoms with Gasteiger partial charge in [-0.25, -0.2) is 4.39 Å². The second-order valence-electron chi connectivity index (χ2n) is 5.01. The number of hydrogen-bond donors (Lipinski definition) is 1. The van der Waals surface area contributed by atoms with Crippen molar-refractivity contribution in [3.05, 3.63) is 35.6 Å². The van der Waals surface area contributed by atoms with Gasteiger partial charge in [-0.15, -0.1) is 0 Å². The summed E-state index contributed by atoms with van der Waals surface area (Å²) in [5, 5.41) is 3.33. The summed E-state index contributed by atoms with van der Waals surface area (Å²) in [5.41, 5.74) is 0.605. The lowest BCUT2D eigenvalue weighted by molar-refractivity contribution is 0.0471. The van der Waals surface area contributed by atoms with Gasteiger partial charge in [-0.05, 0) is 25.8 Å². The Hall–Kier alpha value is -0.970. The fraction of sp³-hybridized carbons (Fsp3) is 0.600. The van der Waals surface area contributed by atoms with Gasteiger partial charge in [0, 0.05) is 25.3 Å². The van der Waals surface area contributed by atoms with Crippen LogP contribution in [0.15, 0.2) is 24.3 Å². The van der Waals surface area contributed by atoms with E-state index in [1.165, 1.54) is 6.07 Å². The normalized spacial score (nSPS) is 20.6. The van der Waals surface area contributed by atoms with Crippen molar-refractivity contribution in [1.29, 1.82) is 0 Å². The van der Waals surface area contributed by atoms with Crippen molar-refractivity contribution in [2.24, 2.45) is 0 Å². The smallest absolute Gasteiger partial charge is 0.128 e. The Labute approximate surface area is 114 Å². The predicted octanol–water partition coefficient (Wildman–Crippen LogP) is 2.50. The van der Waals surface area contributed by atoms with Gasteiger partial charge in [0.2, 0.25) is 0 Å². The molecule has 1 aliphatic rings. The molecule has 106 valence electrons. The van der Waals surface area contributed by atoms with Crippen LogP contribution in [0.3, 0.4) is 0 Å². The molecule has 19 heavy (non-hydrogen) atoms. The zero-order valence-electron chi connectivity index (χ0n) is 11.4. The summed E-state index contributed by atoms with van der Waals surface area (Å²) in [4.78, 5) is 0. The number of nitrogens with one attached hydrogen (secondary N) is 1. The van der Waals surface area contributed by atoms with Crippen molar-refractivity contribution in [2.75, 3.05) is 19.7 Å². The maximum atomic E-state index is 13.4. The summed E-state index contributed by atoms with van der Waals surface area (Å²) in [5.74, 6) is -0.206. The van der Waals surface area contributed by atoms with Gasteiger partial charge in [-0.2, -0.15) is 0 Å². The molecule has 0 aromatic heterocycles. The molecule has 2 unspecified atom stereocenters. The van der Waals surface area contributed by atoms with Crippen LogP contribution in [0.1, 0.15) is 25.3 Å². The highest BCUT2D eigenvalue weighted by Crippen LogP contribution is 2.11. The molecule has 0 amide bonds. The third kappa shape index (κ3) is 4.90. The van der Waals surface area contributed by atoms with E-state index in [0.29, 0.717) is 18.3 Å². The van der Waals surface area contributed by atoms with Crippen LogP contribution in [-0.2, 0) is 16.1 Å². The van der Waals surface area contributed by atoms with Gasteiger partial charge in [0.25, 0.3) is 0 Å². The van der Waals surface area contributed by atoms with Gasteiger partial charge >= 0.3 is 0 Å². The van der Waals surface area contributed by atoms with E-state index in [1.807, 2.05) is 13.0 Å². The number of benzene rings is 1. The Morgan fingerprint density at radius 1 is 1.47 bits per heavy atom. The highest BCUT2D eigenvalue weighted by molar-refractivity contribution is 5.16. The van der Waals surface area contributed by atoms with Crippen LogP contribution in [0.2, 0.25) is 0 Å². The second-order valence-corrected chi connectivity index (χ2v) is 5.01. The molecule has 4 heteroatoms. The van der Waals surface area contributed by atoms with Crippen molar-refractivity contribution in [2.45, 2.75) is 38.6 Å². The van der Waals surface area contributed by atoms with Gasteiger partial charge in [-0.3, -0.25) is 0 Å². The van der Waals surface area contributed by atoms with Crippen molar-refractivity contribution < 1.29 is 13.9 Å². The van der Waals surface area contributed by atoms with Crippen LogP contribution in [-0.4, -0.2) is 31.9 Å². The largest absolute Gasteiger partial charge is 0.377 e. The van der Waals surface area contributed by atoms with Gasteiger partial charge in [-0.1, -0.05) is 18.2 Å². The number of halogens is 1. The van der Waals surface area contributed by atoms with E-state index in [0.717, 1.165) is 32.5 Å². The van der Waals surface area contributed by atoms with E-state index in [1.54, 1.807) is 12.1 Å². The average Bonchev–Trinajstić information content (AvgIpc) is 2.91. The SMILES string of the molecule is CC(CNCC1CCCO1)OCc1ccccc1F. The molecular weight excluding hydrogens is 245 g/mol. The van der Waals surface area contributed by atoms with Gasteiger partial charge < -0.3 is 14.8 Å². The summed E-state index contributed by atoms with van der Waals surface area (Å²) in [6, 6.07) is 6.72. The summed E-state index contributed by atoms with van der Waals surface area (Å²) < 4.78 is 24.5. The summed E-state index contributed by atoms with van der Waals surface area (Å²) in [7, 11) is 0. The standard InChI is InChI=1S/C15H22FNO2/c1-12(9-17-10-14-6-4-8-18-14)19-11-13-5-2-3-7-15(13)16/h2-3,5,7,12,14,17H,4,6,8-11H2,1H3. The first-order valence-electron chi connectivity index (χ1n) is 6.93. The first-order chi connectivity index (χ1) is 9.25. The van der Waals surface area contributed by atoms with E-state index < -0.39 is 0 Å². The molecule has 0 spiro atoms. The first-order valence-corrected chi connectivity index (χ1v) is 6.93. The van der Waals surface area contributed by atoms with Crippen LogP contribution in [0.25, 0.3) is 0 Å². The molecule has 0 radical (unpaired) electrons. The Morgan fingerprint density at radius 2 is 2.32 bits per heavy atom. The molecule has 0 aliphatic carbocycles. The lowest BCUT2D eigenvalue weighted by Crippen LogP contribution is -2.32. The van der Waals surface area contributed by atoms with Crippen LogP contribution in [0.5, 0.6) is 0 Å². The van der Waals surface area contributed by atoms with Crippen LogP contribution in [0, 0.1) is 5.82 Å². The molecule has 3 nitrogen and oxygen atoms in total. The molecule has 1 saturated heterocycles. The Kier molecular flexibility index (Phi) is 5.76. The van der Waals surface area contributed by atoms with Crippen LogP contribution < -0.4 is 5.32 Å². The lowest BCUT2D eigenvalue weighted by atomic mass is 10.2. The van der Waals surface area contributed by atoms with E-state index in [9.17, 15) is 4.39 Å². The molecule has 1 N–H and O–H groups in total. The highest BCUT2D eigenvalue weighted by atomic mass is 19.1. The molecule has 1 aromatic rings. The van der Waals surface area contributed by atoms with Gasteiger partial charge in [0.1, 0.15) is 5.82 Å². The molecule has 1 heterocycles. The minimum Gasteiger partial charge on any atom is -0.377 e. The summed E-state index contributed by atoms with van der Waals surface area (Å²) in [6.07, 6.45) is 2.70. The number of rotatable bonds is 7. The molecule has 0 bridgehead atoms. The fourth-order valence-electron chi connectivity index (χ4n) is 2.16. The van der Waals surface area contributed by atoms with Crippen molar-refractivity contribution in [3.8, 4) is 0 Å². The number of ether oxygens (including phenoxy) is 2. The van der Waals surface area contributed by atoms with Crippen molar-refractivity contribution in [3.63, 3.8) is 0 Å². The third-order valence-corrected chi connectivity index (χ3v) is 3.31. The third-order valence-electron chi connectivity index (χ3n) is 3.31. The van der Waals surface area contributed by atoms with E-state index >= 15 is 0 Å². The summed E-state index contributed by atoms with van der Waals surface area (Å²) in [6.45, 7) is 4.81. The Morgan fingerprint density at radius 3 is 3.05 bits per heavy atom. The quantitative estimate of drug-likeness (QED) is 0.823. The Balaban J connectivity index is 1.61. The highest BCUT2D eigenvalue weighted by Gasteiger charge is 2.15. The van der Waals surface area contributed by atoms with Crippen molar-refractivity contribution in [1.82, 2.24) is 5.32 Å². The zero-order chi connectivity index (χ0) is 13.5. The zero-order valence-corrected chi connectivity index (χ0v) is 11.4. The number of hydrogen-bond acceptors (Lipinski definition) is 3. The molecular formula is C15H22FNO2. The minimum atomic E-state index is -0.206. The van der Waals surface area contributed by atoms with E-state index in [4.69, 9.17) is 9.47 Å². The van der Waals surface area contributed by atoms with Gasteiger partial charge in [0.15, 0.2) is 0 Å². The maximum Gasteiger partial charge on any atom is 0.128 e. The average molecular weight is 267 g/mol. The van der Waals surface area contributed by atoms with Crippen molar-refractivity contribution >= 4 is 0 Å². The second kappa shape index (κ2) is 7.58. The minimum absolute atomic E-state index is 0.0565. The Bertz CT molecular complexity index is 380. The fourth-order valence-corrected chi connectivity index (χ4v) is 2.16. The predicted molar refractivity (Wildman–Crippen MR) is 72.5 cm³/mol. The first kappa shape index (κ1) is 14.4. The maximum absolute atomic E-state index is 13.4. The molecule has 0 saturated carbocycles.